The number of carbonyl (C=O) groups excluding carboxylic acids is 1. The second kappa shape index (κ2) is 4.17. The number of aromatic nitrogens is 1. The van der Waals surface area contributed by atoms with Gasteiger partial charge in [-0.05, 0) is 6.07 Å². The summed E-state index contributed by atoms with van der Waals surface area (Å²) in [5.41, 5.74) is 8.56. The van der Waals surface area contributed by atoms with E-state index in [9.17, 15) is 18.0 Å². The first-order chi connectivity index (χ1) is 7.74. The Kier molecular flexibility index (Phi) is 3.08. The fraction of sp³-hybridized carbons (Fsp3) is 0.125. The molecule has 0 bridgehead atoms. The highest BCUT2D eigenvalue weighted by molar-refractivity contribution is 6.00. The van der Waals surface area contributed by atoms with Crippen LogP contribution in [0.2, 0.25) is 0 Å². The molecule has 0 aliphatic carbocycles. The van der Waals surface area contributed by atoms with Crippen LogP contribution >= 0.6 is 0 Å². The maximum absolute atomic E-state index is 12.0. The minimum atomic E-state index is -5.07. The van der Waals surface area contributed by atoms with Gasteiger partial charge in [0.25, 0.3) is 5.91 Å². The second-order valence-electron chi connectivity index (χ2n) is 2.80. The fourth-order valence-electron chi connectivity index (χ4n) is 1.03. The molecule has 6 nitrogen and oxygen atoms in total. The van der Waals surface area contributed by atoms with Gasteiger partial charge in [0, 0.05) is 0 Å². The van der Waals surface area contributed by atoms with E-state index in [0.717, 1.165) is 6.07 Å². The van der Waals surface area contributed by atoms with Gasteiger partial charge in [0.05, 0.1) is 5.69 Å². The Morgan fingerprint density at radius 3 is 2.53 bits per heavy atom. The molecule has 0 aliphatic heterocycles. The minimum Gasteiger partial charge on any atom is -0.398 e. The molecule has 0 unspecified atom stereocenters. The van der Waals surface area contributed by atoms with Crippen LogP contribution in [0.15, 0.2) is 6.07 Å². The number of anilines is 1. The minimum absolute atomic E-state index is 0.414. The lowest BCUT2D eigenvalue weighted by Gasteiger charge is -2.12. The summed E-state index contributed by atoms with van der Waals surface area (Å²) in [5, 5.41) is 8.49. The third kappa shape index (κ3) is 2.97. The van der Waals surface area contributed by atoms with Gasteiger partial charge in [-0.2, -0.15) is 5.26 Å². The van der Waals surface area contributed by atoms with Crippen molar-refractivity contribution in [2.45, 2.75) is 6.36 Å². The average Bonchev–Trinajstić information content (AvgIpc) is 2.13. The summed E-state index contributed by atoms with van der Waals surface area (Å²) in [6.45, 7) is 0. The standard InChI is InChI=1S/C8H5F3N4O2/c9-8(10,11)17-7-5(6(14)16)4(13)1-3(2-12)15-7/h1H,(H2,13,15)(H2,14,16). The van der Waals surface area contributed by atoms with Crippen molar-refractivity contribution >= 4 is 11.6 Å². The molecule has 4 N–H and O–H groups in total. The topological polar surface area (TPSA) is 115 Å². The first-order valence-electron chi connectivity index (χ1n) is 4.00. The quantitative estimate of drug-likeness (QED) is 0.789. The lowest BCUT2D eigenvalue weighted by atomic mass is 10.2. The number of alkyl halides is 3. The van der Waals surface area contributed by atoms with Crippen molar-refractivity contribution in [2.24, 2.45) is 5.73 Å². The molecule has 17 heavy (non-hydrogen) atoms. The molecule has 1 aromatic heterocycles. The van der Waals surface area contributed by atoms with Crippen molar-refractivity contribution in [3.05, 3.63) is 17.3 Å². The molecule has 1 amide bonds. The van der Waals surface area contributed by atoms with Gasteiger partial charge in [-0.25, -0.2) is 4.98 Å². The number of primary amides is 1. The monoisotopic (exact) mass is 246 g/mol. The van der Waals surface area contributed by atoms with E-state index in [4.69, 9.17) is 16.7 Å². The van der Waals surface area contributed by atoms with Gasteiger partial charge in [-0.15, -0.1) is 13.2 Å². The van der Waals surface area contributed by atoms with E-state index in [-0.39, 0.29) is 0 Å². The highest BCUT2D eigenvalue weighted by atomic mass is 19.4. The average molecular weight is 246 g/mol. The summed E-state index contributed by atoms with van der Waals surface area (Å²) >= 11 is 0. The molecular formula is C8H5F3N4O2. The summed E-state index contributed by atoms with van der Waals surface area (Å²) in [7, 11) is 0. The Morgan fingerprint density at radius 2 is 2.12 bits per heavy atom. The third-order valence-electron chi connectivity index (χ3n) is 1.59. The fourth-order valence-corrected chi connectivity index (χ4v) is 1.03. The summed E-state index contributed by atoms with van der Waals surface area (Å²) in [6, 6.07) is 2.39. The number of nitriles is 1. The Morgan fingerprint density at radius 1 is 1.53 bits per heavy atom. The van der Waals surface area contributed by atoms with E-state index in [1.807, 2.05) is 0 Å². The van der Waals surface area contributed by atoms with Crippen molar-refractivity contribution in [1.29, 1.82) is 5.26 Å². The first-order valence-corrected chi connectivity index (χ1v) is 4.00. The molecule has 0 aromatic carbocycles. The summed E-state index contributed by atoms with van der Waals surface area (Å²) in [4.78, 5) is 14.1. The zero-order chi connectivity index (χ0) is 13.2. The molecule has 0 spiro atoms. The van der Waals surface area contributed by atoms with E-state index in [2.05, 4.69) is 9.72 Å². The summed E-state index contributed by atoms with van der Waals surface area (Å²) in [6.07, 6.45) is -5.07. The number of carbonyl (C=O) groups is 1. The number of rotatable bonds is 2. The highest BCUT2D eigenvalue weighted by Crippen LogP contribution is 2.28. The van der Waals surface area contributed by atoms with Crippen LogP contribution < -0.4 is 16.2 Å². The summed E-state index contributed by atoms with van der Waals surface area (Å²) < 4.78 is 39.5. The molecule has 0 atom stereocenters. The highest BCUT2D eigenvalue weighted by Gasteiger charge is 2.34. The van der Waals surface area contributed by atoms with Gasteiger partial charge in [-0.1, -0.05) is 0 Å². The lowest BCUT2D eigenvalue weighted by molar-refractivity contribution is -0.276. The molecule has 9 heteroatoms. The Bertz CT molecular complexity index is 507. The Balaban J connectivity index is 3.39. The normalized spacial score (nSPS) is 10.7. The van der Waals surface area contributed by atoms with Gasteiger partial charge in [0.15, 0.2) is 0 Å². The number of nitrogens with zero attached hydrogens (tertiary/aromatic N) is 2. The predicted molar refractivity (Wildman–Crippen MR) is 48.6 cm³/mol. The largest absolute Gasteiger partial charge is 0.574 e. The molecule has 0 fully saturated rings. The van der Waals surface area contributed by atoms with Crippen LogP contribution in [0.1, 0.15) is 16.1 Å². The molecule has 1 heterocycles. The Hall–Kier alpha value is -2.50. The smallest absolute Gasteiger partial charge is 0.398 e. The molecule has 0 saturated heterocycles. The molecule has 90 valence electrons. The number of hydrogen-bond acceptors (Lipinski definition) is 5. The van der Waals surface area contributed by atoms with Crippen LogP contribution in [0.4, 0.5) is 18.9 Å². The van der Waals surface area contributed by atoms with Crippen LogP contribution in [-0.2, 0) is 0 Å². The van der Waals surface area contributed by atoms with Crippen LogP contribution in [-0.4, -0.2) is 17.3 Å². The Labute approximate surface area is 92.6 Å². The van der Waals surface area contributed by atoms with Crippen molar-refractivity contribution in [1.82, 2.24) is 4.98 Å². The van der Waals surface area contributed by atoms with Gasteiger partial charge in [-0.3, -0.25) is 4.79 Å². The van der Waals surface area contributed by atoms with Crippen LogP contribution in [0.25, 0.3) is 0 Å². The first kappa shape index (κ1) is 12.6. The van der Waals surface area contributed by atoms with Crippen molar-refractivity contribution < 1.29 is 22.7 Å². The lowest BCUT2D eigenvalue weighted by Crippen LogP contribution is -2.23. The zero-order valence-corrected chi connectivity index (χ0v) is 8.08. The second-order valence-corrected chi connectivity index (χ2v) is 2.80. The van der Waals surface area contributed by atoms with Crippen LogP contribution in [0, 0.1) is 11.3 Å². The molecule has 0 saturated carbocycles. The zero-order valence-electron chi connectivity index (χ0n) is 8.08. The van der Waals surface area contributed by atoms with Crippen molar-refractivity contribution in [3.8, 4) is 11.9 Å². The van der Waals surface area contributed by atoms with Crippen LogP contribution in [0.3, 0.4) is 0 Å². The number of ether oxygens (including phenoxy) is 1. The summed E-state index contributed by atoms with van der Waals surface area (Å²) in [5.74, 6) is -2.37. The van der Waals surface area contributed by atoms with E-state index >= 15 is 0 Å². The molecule has 0 aliphatic rings. The van der Waals surface area contributed by atoms with E-state index in [0.29, 0.717) is 0 Å². The number of halogens is 3. The number of nitrogen functional groups attached to an aromatic ring is 1. The van der Waals surface area contributed by atoms with Gasteiger partial charge >= 0.3 is 6.36 Å². The molecular weight excluding hydrogens is 241 g/mol. The van der Waals surface area contributed by atoms with Crippen molar-refractivity contribution in [2.75, 3.05) is 5.73 Å². The van der Waals surface area contributed by atoms with E-state index in [1.54, 1.807) is 0 Å². The number of amides is 1. The molecule has 1 rings (SSSR count). The predicted octanol–water partition coefficient (Wildman–Crippen LogP) is 0.533. The van der Waals surface area contributed by atoms with Gasteiger partial charge in [0.1, 0.15) is 17.3 Å². The number of nitrogens with two attached hydrogens (primary N) is 2. The van der Waals surface area contributed by atoms with Crippen molar-refractivity contribution in [3.63, 3.8) is 0 Å². The number of hydrogen-bond donors (Lipinski definition) is 2. The van der Waals surface area contributed by atoms with Gasteiger partial charge in [0.2, 0.25) is 5.88 Å². The third-order valence-corrected chi connectivity index (χ3v) is 1.59. The maximum Gasteiger partial charge on any atom is 0.574 e. The molecule has 1 aromatic rings. The SMILES string of the molecule is N#Cc1cc(N)c(C(N)=O)c(OC(F)(F)F)n1. The van der Waals surface area contributed by atoms with Crippen LogP contribution in [0.5, 0.6) is 5.88 Å². The van der Waals surface area contributed by atoms with E-state index < -0.39 is 35.1 Å². The maximum atomic E-state index is 12.0. The molecule has 0 radical (unpaired) electrons. The number of pyridine rings is 1. The van der Waals surface area contributed by atoms with E-state index in [1.165, 1.54) is 6.07 Å². The van der Waals surface area contributed by atoms with Gasteiger partial charge < -0.3 is 16.2 Å².